The zero-order valence-corrected chi connectivity index (χ0v) is 12.9. The molecule has 0 radical (unpaired) electrons. The molecule has 1 fully saturated rings. The summed E-state index contributed by atoms with van der Waals surface area (Å²) in [4.78, 5) is 2.34. The van der Waals surface area contributed by atoms with E-state index in [1.165, 1.54) is 6.42 Å². The number of halogens is 1. The van der Waals surface area contributed by atoms with Gasteiger partial charge in [-0.05, 0) is 43.2 Å². The van der Waals surface area contributed by atoms with Crippen LogP contribution in [0, 0.1) is 17.7 Å². The average Bonchev–Trinajstić information content (AvgIpc) is 2.90. The Bertz CT molecular complexity index is 445. The molecule has 1 heterocycles. The van der Waals surface area contributed by atoms with Gasteiger partial charge < -0.3 is 10.6 Å². The number of nitrogens with zero attached hydrogens (tertiary/aromatic N) is 1. The van der Waals surface area contributed by atoms with Crippen molar-refractivity contribution in [1.82, 2.24) is 0 Å². The molecule has 0 amide bonds. The molecule has 2 nitrogen and oxygen atoms in total. The first-order valence-electron chi connectivity index (χ1n) is 7.80. The molecule has 1 aliphatic rings. The molecule has 0 spiro atoms. The highest BCUT2D eigenvalue weighted by atomic mass is 19.1. The summed E-state index contributed by atoms with van der Waals surface area (Å²) in [7, 11) is 0. The lowest BCUT2D eigenvalue weighted by molar-refractivity contribution is 0.422. The van der Waals surface area contributed by atoms with Crippen LogP contribution in [0.3, 0.4) is 0 Å². The predicted octanol–water partition coefficient (Wildman–Crippen LogP) is 3.59. The third-order valence-electron chi connectivity index (χ3n) is 4.59. The maximum atomic E-state index is 14.2. The fourth-order valence-electron chi connectivity index (χ4n) is 3.00. The van der Waals surface area contributed by atoms with Crippen LogP contribution in [0.4, 0.5) is 10.1 Å². The van der Waals surface area contributed by atoms with Crippen molar-refractivity contribution in [2.75, 3.05) is 18.0 Å². The van der Waals surface area contributed by atoms with E-state index in [0.717, 1.165) is 30.8 Å². The van der Waals surface area contributed by atoms with Crippen LogP contribution in [-0.2, 0) is 6.42 Å². The fraction of sp³-hybridized carbons (Fsp3) is 0.647. The topological polar surface area (TPSA) is 29.3 Å². The minimum atomic E-state index is -0.112. The molecule has 0 aliphatic carbocycles. The lowest BCUT2D eigenvalue weighted by atomic mass is 9.95. The van der Waals surface area contributed by atoms with Crippen LogP contribution in [0.2, 0.25) is 0 Å². The van der Waals surface area contributed by atoms with Gasteiger partial charge in [0.1, 0.15) is 5.82 Å². The van der Waals surface area contributed by atoms with Crippen molar-refractivity contribution in [2.45, 2.75) is 46.1 Å². The van der Waals surface area contributed by atoms with Gasteiger partial charge >= 0.3 is 0 Å². The summed E-state index contributed by atoms with van der Waals surface area (Å²) in [5, 5.41) is 0. The summed E-state index contributed by atoms with van der Waals surface area (Å²) in [6.45, 7) is 8.66. The Labute approximate surface area is 122 Å². The van der Waals surface area contributed by atoms with Gasteiger partial charge in [0, 0.05) is 30.4 Å². The van der Waals surface area contributed by atoms with Crippen molar-refractivity contribution in [3.8, 4) is 0 Å². The predicted molar refractivity (Wildman–Crippen MR) is 83.5 cm³/mol. The molecule has 2 unspecified atom stereocenters. The van der Waals surface area contributed by atoms with Gasteiger partial charge in [-0.1, -0.05) is 26.8 Å². The molecule has 2 atom stereocenters. The maximum absolute atomic E-state index is 14.2. The van der Waals surface area contributed by atoms with Crippen molar-refractivity contribution in [3.63, 3.8) is 0 Å². The van der Waals surface area contributed by atoms with Crippen LogP contribution in [0.25, 0.3) is 0 Å². The molecule has 20 heavy (non-hydrogen) atoms. The Morgan fingerprint density at radius 1 is 1.40 bits per heavy atom. The molecular formula is C17H27FN2. The largest absolute Gasteiger partial charge is 0.371 e. The molecule has 2 rings (SSSR count). The molecule has 2 N–H and O–H groups in total. The normalized spacial score (nSPS) is 20.7. The van der Waals surface area contributed by atoms with E-state index in [1.807, 2.05) is 12.1 Å². The molecule has 0 bridgehead atoms. The number of anilines is 1. The zero-order valence-electron chi connectivity index (χ0n) is 12.9. The molecule has 0 aromatic heterocycles. The lowest BCUT2D eigenvalue weighted by Gasteiger charge is -2.24. The smallest absolute Gasteiger partial charge is 0.128 e. The minimum Gasteiger partial charge on any atom is -0.371 e. The van der Waals surface area contributed by atoms with E-state index in [1.54, 1.807) is 6.07 Å². The van der Waals surface area contributed by atoms with Gasteiger partial charge in [-0.2, -0.15) is 0 Å². The summed E-state index contributed by atoms with van der Waals surface area (Å²) in [5.74, 6) is 1.29. The third kappa shape index (κ3) is 3.32. The van der Waals surface area contributed by atoms with E-state index in [9.17, 15) is 4.39 Å². The Morgan fingerprint density at radius 2 is 2.15 bits per heavy atom. The van der Waals surface area contributed by atoms with Gasteiger partial charge in [-0.25, -0.2) is 4.39 Å². The first-order valence-corrected chi connectivity index (χ1v) is 7.80. The second-order valence-electron chi connectivity index (χ2n) is 6.35. The van der Waals surface area contributed by atoms with Crippen molar-refractivity contribution >= 4 is 5.69 Å². The molecule has 1 saturated heterocycles. The van der Waals surface area contributed by atoms with Crippen LogP contribution in [0.1, 0.15) is 39.2 Å². The maximum Gasteiger partial charge on any atom is 0.128 e. The second-order valence-corrected chi connectivity index (χ2v) is 6.35. The van der Waals surface area contributed by atoms with Crippen LogP contribution < -0.4 is 10.6 Å². The van der Waals surface area contributed by atoms with Crippen LogP contribution in [0.15, 0.2) is 18.2 Å². The Hall–Kier alpha value is -1.09. The van der Waals surface area contributed by atoms with E-state index >= 15 is 0 Å². The Kier molecular flexibility index (Phi) is 5.03. The summed E-state index contributed by atoms with van der Waals surface area (Å²) in [6, 6.07) is 5.45. The van der Waals surface area contributed by atoms with Crippen molar-refractivity contribution < 1.29 is 4.39 Å². The second kappa shape index (κ2) is 6.57. The first kappa shape index (κ1) is 15.3. The first-order chi connectivity index (χ1) is 9.52. The molecular weight excluding hydrogens is 251 g/mol. The van der Waals surface area contributed by atoms with Crippen LogP contribution in [-0.4, -0.2) is 19.1 Å². The molecule has 1 aromatic rings. The van der Waals surface area contributed by atoms with Gasteiger partial charge in [-0.3, -0.25) is 0 Å². The number of rotatable bonds is 5. The average molecular weight is 278 g/mol. The SMILES string of the molecule is CCC(N)Cc1c(F)cccc1N1CCC(C(C)C)C1. The van der Waals surface area contributed by atoms with Gasteiger partial charge in [0.25, 0.3) is 0 Å². The Balaban J connectivity index is 2.21. The van der Waals surface area contributed by atoms with Crippen LogP contribution in [0.5, 0.6) is 0 Å². The summed E-state index contributed by atoms with van der Waals surface area (Å²) in [6.07, 6.45) is 2.71. The standard InChI is InChI=1S/C17H27FN2/c1-4-14(19)10-15-16(18)6-5-7-17(15)20-9-8-13(11-20)12(2)3/h5-7,12-14H,4,8-11,19H2,1-3H3. The third-order valence-corrected chi connectivity index (χ3v) is 4.59. The van der Waals surface area contributed by atoms with E-state index in [0.29, 0.717) is 18.3 Å². The van der Waals surface area contributed by atoms with Crippen LogP contribution >= 0.6 is 0 Å². The van der Waals surface area contributed by atoms with Gasteiger partial charge in [0.15, 0.2) is 0 Å². The molecule has 112 valence electrons. The molecule has 0 saturated carbocycles. The number of hydrogen-bond acceptors (Lipinski definition) is 2. The highest BCUT2D eigenvalue weighted by Gasteiger charge is 2.27. The Morgan fingerprint density at radius 3 is 2.75 bits per heavy atom. The van der Waals surface area contributed by atoms with E-state index < -0.39 is 0 Å². The van der Waals surface area contributed by atoms with E-state index in [4.69, 9.17) is 5.73 Å². The monoisotopic (exact) mass is 278 g/mol. The van der Waals surface area contributed by atoms with E-state index in [2.05, 4.69) is 25.7 Å². The highest BCUT2D eigenvalue weighted by Crippen LogP contribution is 2.32. The highest BCUT2D eigenvalue weighted by molar-refractivity contribution is 5.55. The minimum absolute atomic E-state index is 0.0362. The summed E-state index contributed by atoms with van der Waals surface area (Å²) in [5.41, 5.74) is 7.88. The number of hydrogen-bond donors (Lipinski definition) is 1. The number of nitrogens with two attached hydrogens (primary N) is 1. The van der Waals surface area contributed by atoms with Crippen molar-refractivity contribution in [3.05, 3.63) is 29.6 Å². The van der Waals surface area contributed by atoms with Crippen molar-refractivity contribution in [1.29, 1.82) is 0 Å². The quantitative estimate of drug-likeness (QED) is 0.892. The number of benzene rings is 1. The summed E-state index contributed by atoms with van der Waals surface area (Å²) >= 11 is 0. The fourth-order valence-corrected chi connectivity index (χ4v) is 3.00. The zero-order chi connectivity index (χ0) is 14.7. The van der Waals surface area contributed by atoms with E-state index in [-0.39, 0.29) is 11.9 Å². The van der Waals surface area contributed by atoms with Gasteiger partial charge in [0.2, 0.25) is 0 Å². The lowest BCUT2D eigenvalue weighted by Crippen LogP contribution is -2.26. The van der Waals surface area contributed by atoms with Gasteiger partial charge in [-0.15, -0.1) is 0 Å². The molecule has 3 heteroatoms. The molecule has 1 aromatic carbocycles. The molecule has 1 aliphatic heterocycles. The van der Waals surface area contributed by atoms with Crippen molar-refractivity contribution in [2.24, 2.45) is 17.6 Å². The van der Waals surface area contributed by atoms with Gasteiger partial charge in [0.05, 0.1) is 0 Å². The summed E-state index contributed by atoms with van der Waals surface area (Å²) < 4.78 is 14.2.